The number of anilines is 2. The van der Waals surface area contributed by atoms with E-state index in [1.54, 1.807) is 0 Å². The summed E-state index contributed by atoms with van der Waals surface area (Å²) in [5.41, 5.74) is 5.46. The summed E-state index contributed by atoms with van der Waals surface area (Å²) >= 11 is 0. The Kier molecular flexibility index (Phi) is 4.99. The standard InChI is InChI=1S/C18H22N2O/c1-4-15-6-8-16(9-7-15)20-18(21)12-19-17-10-5-13(2)11-14(17)3/h5-11,19H,4,12H2,1-3H3,(H,20,21). The fraction of sp³-hybridized carbons (Fsp3) is 0.278. The largest absolute Gasteiger partial charge is 0.376 e. The van der Waals surface area contributed by atoms with Gasteiger partial charge in [-0.1, -0.05) is 36.8 Å². The molecule has 3 nitrogen and oxygen atoms in total. The van der Waals surface area contributed by atoms with Crippen LogP contribution in [0.3, 0.4) is 0 Å². The van der Waals surface area contributed by atoms with Crippen LogP contribution in [0.5, 0.6) is 0 Å². The van der Waals surface area contributed by atoms with Crippen molar-refractivity contribution in [2.45, 2.75) is 27.2 Å². The smallest absolute Gasteiger partial charge is 0.243 e. The second kappa shape index (κ2) is 6.93. The maximum atomic E-state index is 11.9. The third kappa shape index (κ3) is 4.35. The van der Waals surface area contributed by atoms with Crippen molar-refractivity contribution in [1.29, 1.82) is 0 Å². The number of hydrogen-bond acceptors (Lipinski definition) is 2. The topological polar surface area (TPSA) is 41.1 Å². The van der Waals surface area contributed by atoms with E-state index in [2.05, 4.69) is 30.5 Å². The monoisotopic (exact) mass is 282 g/mol. The number of aryl methyl sites for hydroxylation is 3. The molecule has 0 aliphatic heterocycles. The minimum absolute atomic E-state index is 0.0424. The van der Waals surface area contributed by atoms with Crippen molar-refractivity contribution in [3.05, 3.63) is 59.2 Å². The third-order valence-corrected chi connectivity index (χ3v) is 3.47. The number of hydrogen-bond donors (Lipinski definition) is 2. The van der Waals surface area contributed by atoms with Gasteiger partial charge < -0.3 is 10.6 Å². The van der Waals surface area contributed by atoms with Gasteiger partial charge in [-0.05, 0) is 49.6 Å². The van der Waals surface area contributed by atoms with Crippen LogP contribution in [-0.4, -0.2) is 12.5 Å². The molecule has 3 heteroatoms. The zero-order chi connectivity index (χ0) is 15.2. The molecule has 110 valence electrons. The molecular weight excluding hydrogens is 260 g/mol. The molecule has 21 heavy (non-hydrogen) atoms. The Morgan fingerprint density at radius 1 is 1.05 bits per heavy atom. The van der Waals surface area contributed by atoms with Gasteiger partial charge in [0.2, 0.25) is 5.91 Å². The molecule has 0 atom stereocenters. The van der Waals surface area contributed by atoms with Gasteiger partial charge in [0.05, 0.1) is 6.54 Å². The van der Waals surface area contributed by atoms with E-state index in [9.17, 15) is 4.79 Å². The van der Waals surface area contributed by atoms with Crippen molar-refractivity contribution in [2.75, 3.05) is 17.2 Å². The van der Waals surface area contributed by atoms with Gasteiger partial charge in [0.25, 0.3) is 0 Å². The van der Waals surface area contributed by atoms with Crippen LogP contribution in [0.1, 0.15) is 23.6 Å². The van der Waals surface area contributed by atoms with Crippen LogP contribution in [0, 0.1) is 13.8 Å². The molecule has 0 aromatic heterocycles. The summed E-state index contributed by atoms with van der Waals surface area (Å²) in [6.45, 7) is 6.47. The zero-order valence-electron chi connectivity index (χ0n) is 12.9. The highest BCUT2D eigenvalue weighted by Crippen LogP contribution is 2.16. The normalized spacial score (nSPS) is 10.2. The highest BCUT2D eigenvalue weighted by molar-refractivity contribution is 5.93. The van der Waals surface area contributed by atoms with E-state index in [4.69, 9.17) is 0 Å². The molecule has 0 unspecified atom stereocenters. The lowest BCUT2D eigenvalue weighted by Crippen LogP contribution is -2.22. The summed E-state index contributed by atoms with van der Waals surface area (Å²) in [5.74, 6) is -0.0424. The van der Waals surface area contributed by atoms with Crippen LogP contribution in [0.4, 0.5) is 11.4 Å². The van der Waals surface area contributed by atoms with E-state index >= 15 is 0 Å². The van der Waals surface area contributed by atoms with Crippen LogP contribution in [0.2, 0.25) is 0 Å². The quantitative estimate of drug-likeness (QED) is 0.872. The van der Waals surface area contributed by atoms with Gasteiger partial charge in [-0.25, -0.2) is 0 Å². The van der Waals surface area contributed by atoms with E-state index in [0.29, 0.717) is 0 Å². The first-order chi connectivity index (χ1) is 10.1. The summed E-state index contributed by atoms with van der Waals surface area (Å²) < 4.78 is 0. The molecule has 0 aliphatic rings. The molecule has 2 aromatic carbocycles. The lowest BCUT2D eigenvalue weighted by Gasteiger charge is -2.11. The predicted octanol–water partition coefficient (Wildman–Crippen LogP) is 3.92. The summed E-state index contributed by atoms with van der Waals surface area (Å²) in [6.07, 6.45) is 1.00. The first-order valence-electron chi connectivity index (χ1n) is 7.28. The molecule has 0 saturated carbocycles. The molecule has 0 fully saturated rings. The van der Waals surface area contributed by atoms with Crippen LogP contribution in [-0.2, 0) is 11.2 Å². The van der Waals surface area contributed by atoms with E-state index in [-0.39, 0.29) is 12.5 Å². The molecule has 0 spiro atoms. The molecule has 2 aromatic rings. The second-order valence-electron chi connectivity index (χ2n) is 5.27. The first-order valence-corrected chi connectivity index (χ1v) is 7.28. The van der Waals surface area contributed by atoms with Crippen LogP contribution in [0.15, 0.2) is 42.5 Å². The third-order valence-electron chi connectivity index (χ3n) is 3.47. The van der Waals surface area contributed by atoms with Gasteiger partial charge in [-0.3, -0.25) is 4.79 Å². The Bertz CT molecular complexity index is 618. The molecule has 2 N–H and O–H groups in total. The van der Waals surface area contributed by atoms with E-state index in [1.807, 2.05) is 43.3 Å². The molecule has 0 radical (unpaired) electrons. The summed E-state index contributed by atoms with van der Waals surface area (Å²) in [4.78, 5) is 11.9. The van der Waals surface area contributed by atoms with Gasteiger partial charge >= 0.3 is 0 Å². The number of rotatable bonds is 5. The van der Waals surface area contributed by atoms with Crippen molar-refractivity contribution in [2.24, 2.45) is 0 Å². The van der Waals surface area contributed by atoms with Crippen LogP contribution >= 0.6 is 0 Å². The number of carbonyl (C=O) groups is 1. The summed E-state index contributed by atoms with van der Waals surface area (Å²) in [7, 11) is 0. The Hall–Kier alpha value is -2.29. The van der Waals surface area contributed by atoms with Gasteiger partial charge in [0, 0.05) is 11.4 Å². The van der Waals surface area contributed by atoms with Gasteiger partial charge in [-0.15, -0.1) is 0 Å². The van der Waals surface area contributed by atoms with Crippen molar-refractivity contribution >= 4 is 17.3 Å². The van der Waals surface area contributed by atoms with E-state index < -0.39 is 0 Å². The Labute approximate surface area is 126 Å². The molecule has 0 saturated heterocycles. The lowest BCUT2D eigenvalue weighted by atomic mass is 10.1. The van der Waals surface area contributed by atoms with Crippen LogP contribution in [0.25, 0.3) is 0 Å². The highest BCUT2D eigenvalue weighted by Gasteiger charge is 2.04. The maximum absolute atomic E-state index is 11.9. The Morgan fingerprint density at radius 2 is 1.76 bits per heavy atom. The highest BCUT2D eigenvalue weighted by atomic mass is 16.1. The van der Waals surface area contributed by atoms with E-state index in [0.717, 1.165) is 23.4 Å². The molecular formula is C18H22N2O. The fourth-order valence-corrected chi connectivity index (χ4v) is 2.22. The lowest BCUT2D eigenvalue weighted by molar-refractivity contribution is -0.114. The average molecular weight is 282 g/mol. The van der Waals surface area contributed by atoms with Crippen molar-refractivity contribution < 1.29 is 4.79 Å². The molecule has 0 heterocycles. The van der Waals surface area contributed by atoms with Gasteiger partial charge in [0.15, 0.2) is 0 Å². The molecule has 0 bridgehead atoms. The predicted molar refractivity (Wildman–Crippen MR) is 88.9 cm³/mol. The summed E-state index contributed by atoms with van der Waals surface area (Å²) in [6, 6.07) is 14.1. The van der Waals surface area contributed by atoms with E-state index in [1.165, 1.54) is 11.1 Å². The Balaban J connectivity index is 1.89. The molecule has 0 aliphatic carbocycles. The van der Waals surface area contributed by atoms with Crippen molar-refractivity contribution in [3.8, 4) is 0 Å². The minimum atomic E-state index is -0.0424. The SMILES string of the molecule is CCc1ccc(NC(=O)CNc2ccc(C)cc2C)cc1. The van der Waals surface area contributed by atoms with Crippen molar-refractivity contribution in [3.63, 3.8) is 0 Å². The van der Waals surface area contributed by atoms with Crippen molar-refractivity contribution in [1.82, 2.24) is 0 Å². The number of benzene rings is 2. The minimum Gasteiger partial charge on any atom is -0.376 e. The van der Waals surface area contributed by atoms with Gasteiger partial charge in [0.1, 0.15) is 0 Å². The molecule has 1 amide bonds. The first kappa shape index (κ1) is 15.1. The number of carbonyl (C=O) groups excluding carboxylic acids is 1. The van der Waals surface area contributed by atoms with Gasteiger partial charge in [-0.2, -0.15) is 0 Å². The average Bonchev–Trinajstić information content (AvgIpc) is 2.47. The maximum Gasteiger partial charge on any atom is 0.243 e. The second-order valence-corrected chi connectivity index (χ2v) is 5.27. The molecule has 2 rings (SSSR count). The zero-order valence-corrected chi connectivity index (χ0v) is 12.9. The Morgan fingerprint density at radius 3 is 2.38 bits per heavy atom. The summed E-state index contributed by atoms with van der Waals surface area (Å²) in [5, 5.41) is 6.06. The number of amides is 1. The van der Waals surface area contributed by atoms with Crippen LogP contribution < -0.4 is 10.6 Å². The number of nitrogens with one attached hydrogen (secondary N) is 2. The fourth-order valence-electron chi connectivity index (χ4n) is 2.22.